The van der Waals surface area contributed by atoms with E-state index in [0.29, 0.717) is 25.1 Å². The molecular weight excluding hydrogens is 514 g/mol. The molecule has 0 bridgehead atoms. The quantitative estimate of drug-likeness (QED) is 0.278. The maximum atomic E-state index is 14.0. The number of aliphatic carboxylic acids is 1. The Morgan fingerprint density at radius 2 is 1.87 bits per heavy atom. The molecule has 2 aromatic carbocycles. The van der Waals surface area contributed by atoms with Crippen molar-refractivity contribution in [3.63, 3.8) is 0 Å². The number of hydrogen-bond acceptors (Lipinski definition) is 8. The Kier molecular flexibility index (Phi) is 8.04. The molecule has 0 radical (unpaired) electrons. The van der Waals surface area contributed by atoms with Crippen LogP contribution in [0.15, 0.2) is 77.9 Å². The Bertz CT molecular complexity index is 1460. The molecule has 3 N–H and O–H groups in total. The summed E-state index contributed by atoms with van der Waals surface area (Å²) in [7, 11) is 0. The number of fused-ring (bicyclic) bond motifs is 1. The average molecular weight is 542 g/mol. The second-order valence-corrected chi connectivity index (χ2v) is 9.91. The van der Waals surface area contributed by atoms with Gasteiger partial charge in [0.25, 0.3) is 5.91 Å². The zero-order valence-corrected chi connectivity index (χ0v) is 21.9. The number of anilines is 1. The minimum absolute atomic E-state index is 0.282. The molecule has 0 saturated carbocycles. The first-order valence-corrected chi connectivity index (χ1v) is 13.5. The van der Waals surface area contributed by atoms with E-state index in [9.17, 15) is 19.5 Å². The smallest absolute Gasteiger partial charge is 0.323 e. The monoisotopic (exact) mass is 541 g/mol. The van der Waals surface area contributed by atoms with Gasteiger partial charge in [-0.25, -0.2) is 4.98 Å². The summed E-state index contributed by atoms with van der Waals surface area (Å²) in [6.07, 6.45) is 4.21. The first-order valence-electron chi connectivity index (χ1n) is 12.5. The van der Waals surface area contributed by atoms with Gasteiger partial charge in [-0.05, 0) is 59.4 Å². The van der Waals surface area contributed by atoms with Crippen molar-refractivity contribution in [2.45, 2.75) is 25.4 Å². The van der Waals surface area contributed by atoms with Crippen molar-refractivity contribution in [2.24, 2.45) is 0 Å². The second-order valence-electron chi connectivity index (χ2n) is 9.19. The molecule has 2 amide bonds. The molecule has 39 heavy (non-hydrogen) atoms. The van der Waals surface area contributed by atoms with Crippen LogP contribution < -0.4 is 10.6 Å². The van der Waals surface area contributed by atoms with Crippen LogP contribution in [-0.4, -0.2) is 56.9 Å². The fourth-order valence-electron chi connectivity index (χ4n) is 4.69. The molecule has 1 aliphatic heterocycles. The lowest BCUT2D eigenvalue weighted by molar-refractivity contribution is -0.143. The zero-order chi connectivity index (χ0) is 27.2. The fraction of sp³-hybridized carbons (Fsp3) is 0.207. The summed E-state index contributed by atoms with van der Waals surface area (Å²) in [5.41, 5.74) is 6.88. The Balaban J connectivity index is 1.50. The molecule has 1 aliphatic rings. The highest BCUT2D eigenvalue weighted by molar-refractivity contribution is 7.07. The van der Waals surface area contributed by atoms with E-state index in [4.69, 9.17) is 0 Å². The summed E-state index contributed by atoms with van der Waals surface area (Å²) in [6, 6.07) is 15.9. The van der Waals surface area contributed by atoms with E-state index in [1.165, 1.54) is 11.3 Å². The Morgan fingerprint density at radius 3 is 2.59 bits per heavy atom. The summed E-state index contributed by atoms with van der Waals surface area (Å²) in [5, 5.41) is 18.1. The average Bonchev–Trinajstić information content (AvgIpc) is 3.66. The van der Waals surface area contributed by atoms with Crippen LogP contribution in [0.5, 0.6) is 0 Å². The highest BCUT2D eigenvalue weighted by atomic mass is 32.1. The molecular formula is C29H27N5O4S. The highest BCUT2D eigenvalue weighted by Gasteiger charge is 2.33. The standard InChI is InChI=1S/C29H27N5O4S/c35-27(36)16-34(29(38)26(12-19-4-2-1-3-5-19)32-15-22-17-39-18-33-22)28(37)24-13-21(20-6-9-30-10-7-20)14-25-23(24)8-11-31-25/h1-7,9-10,13-14,17-18,26,31-32H,8,11-12,15-16H2,(H,35,36). The molecule has 1 atom stereocenters. The summed E-state index contributed by atoms with van der Waals surface area (Å²) < 4.78 is 0. The first kappa shape index (κ1) is 26.2. The van der Waals surface area contributed by atoms with Crippen molar-refractivity contribution in [1.29, 1.82) is 0 Å². The van der Waals surface area contributed by atoms with Gasteiger partial charge in [0.15, 0.2) is 0 Å². The Hall–Kier alpha value is -4.41. The lowest BCUT2D eigenvalue weighted by Crippen LogP contribution is -2.51. The molecule has 0 saturated heterocycles. The van der Waals surface area contributed by atoms with Crippen molar-refractivity contribution in [3.8, 4) is 11.1 Å². The lowest BCUT2D eigenvalue weighted by atomic mass is 9.96. The van der Waals surface area contributed by atoms with Gasteiger partial charge in [-0.3, -0.25) is 29.6 Å². The zero-order valence-electron chi connectivity index (χ0n) is 21.0. The van der Waals surface area contributed by atoms with E-state index in [-0.39, 0.29) is 6.42 Å². The van der Waals surface area contributed by atoms with Crippen molar-refractivity contribution < 1.29 is 19.5 Å². The topological polar surface area (TPSA) is 125 Å². The van der Waals surface area contributed by atoms with Crippen molar-refractivity contribution >= 4 is 34.8 Å². The van der Waals surface area contributed by atoms with E-state index in [1.807, 2.05) is 53.9 Å². The van der Waals surface area contributed by atoms with Crippen LogP contribution in [0.2, 0.25) is 0 Å². The van der Waals surface area contributed by atoms with E-state index in [0.717, 1.165) is 38.5 Å². The molecule has 198 valence electrons. The number of aromatic nitrogens is 2. The number of carboxylic acid groups (broad SMARTS) is 1. The van der Waals surface area contributed by atoms with Gasteiger partial charge < -0.3 is 10.4 Å². The van der Waals surface area contributed by atoms with Gasteiger partial charge in [-0.1, -0.05) is 30.3 Å². The molecule has 2 aromatic heterocycles. The molecule has 1 unspecified atom stereocenters. The number of nitrogens with zero attached hydrogens (tertiary/aromatic N) is 3. The number of amides is 2. The van der Waals surface area contributed by atoms with Gasteiger partial charge in [0, 0.05) is 42.1 Å². The Labute approximate surface area is 229 Å². The molecule has 0 spiro atoms. The van der Waals surface area contributed by atoms with Gasteiger partial charge >= 0.3 is 5.97 Å². The number of nitrogens with one attached hydrogen (secondary N) is 2. The number of hydrogen-bond donors (Lipinski definition) is 3. The van der Waals surface area contributed by atoms with Gasteiger partial charge in [-0.15, -0.1) is 11.3 Å². The van der Waals surface area contributed by atoms with E-state index in [1.54, 1.807) is 24.0 Å². The largest absolute Gasteiger partial charge is 0.480 e. The lowest BCUT2D eigenvalue weighted by Gasteiger charge is -2.26. The molecule has 0 aliphatic carbocycles. The predicted molar refractivity (Wildman–Crippen MR) is 148 cm³/mol. The van der Waals surface area contributed by atoms with Crippen LogP contribution in [-0.2, 0) is 29.0 Å². The van der Waals surface area contributed by atoms with Gasteiger partial charge in [-0.2, -0.15) is 0 Å². The molecule has 0 fully saturated rings. The Morgan fingerprint density at radius 1 is 1.08 bits per heavy atom. The summed E-state index contributed by atoms with van der Waals surface area (Å²) in [6.45, 7) is 0.204. The number of carbonyl (C=O) groups excluding carboxylic acids is 2. The third-order valence-electron chi connectivity index (χ3n) is 6.58. The van der Waals surface area contributed by atoms with Gasteiger partial charge in [0.05, 0.1) is 17.2 Å². The summed E-state index contributed by atoms with van der Waals surface area (Å²) in [5.74, 6) is -2.50. The number of carboxylic acids is 1. The SMILES string of the molecule is O=C(O)CN(C(=O)c1cc(-c2ccncc2)cc2c1CCN2)C(=O)C(Cc1ccccc1)NCc1cscn1. The van der Waals surface area contributed by atoms with E-state index >= 15 is 0 Å². The second kappa shape index (κ2) is 12.0. The van der Waals surface area contributed by atoms with Crippen molar-refractivity contribution in [1.82, 2.24) is 20.2 Å². The summed E-state index contributed by atoms with van der Waals surface area (Å²) in [4.78, 5) is 49.1. The third kappa shape index (κ3) is 6.19. The van der Waals surface area contributed by atoms with Gasteiger partial charge in [0.1, 0.15) is 6.54 Å². The molecule has 9 nitrogen and oxygen atoms in total. The fourth-order valence-corrected chi connectivity index (χ4v) is 5.25. The van der Waals surface area contributed by atoms with Crippen LogP contribution in [0.1, 0.15) is 27.2 Å². The number of carbonyl (C=O) groups is 3. The predicted octanol–water partition coefficient (Wildman–Crippen LogP) is 3.63. The molecule has 10 heteroatoms. The molecule has 3 heterocycles. The minimum atomic E-state index is -1.27. The molecule has 5 rings (SSSR count). The van der Waals surface area contributed by atoms with Crippen LogP contribution >= 0.6 is 11.3 Å². The maximum absolute atomic E-state index is 14.0. The normalized spacial score (nSPS) is 12.8. The first-order chi connectivity index (χ1) is 19.0. The van der Waals surface area contributed by atoms with Crippen molar-refractivity contribution in [3.05, 3.63) is 100 Å². The van der Waals surface area contributed by atoms with Crippen LogP contribution in [0.3, 0.4) is 0 Å². The third-order valence-corrected chi connectivity index (χ3v) is 7.22. The molecule has 4 aromatic rings. The number of pyridine rings is 1. The maximum Gasteiger partial charge on any atom is 0.323 e. The summed E-state index contributed by atoms with van der Waals surface area (Å²) >= 11 is 1.44. The van der Waals surface area contributed by atoms with E-state index in [2.05, 4.69) is 20.6 Å². The minimum Gasteiger partial charge on any atom is -0.480 e. The highest BCUT2D eigenvalue weighted by Crippen LogP contribution is 2.33. The van der Waals surface area contributed by atoms with E-state index < -0.39 is 30.4 Å². The van der Waals surface area contributed by atoms with Crippen LogP contribution in [0, 0.1) is 0 Å². The van der Waals surface area contributed by atoms with Gasteiger partial charge in [0.2, 0.25) is 5.91 Å². The van der Waals surface area contributed by atoms with Crippen LogP contribution in [0.4, 0.5) is 5.69 Å². The number of rotatable bonds is 10. The number of imide groups is 1. The number of thiazole rings is 1. The van der Waals surface area contributed by atoms with Crippen molar-refractivity contribution in [2.75, 3.05) is 18.4 Å². The number of benzene rings is 2. The van der Waals surface area contributed by atoms with Crippen LogP contribution in [0.25, 0.3) is 11.1 Å².